The standard InChI is InChI=1S/C22H19N3O2/c1-16(26)20-8-7-18(13-23)11-21(20)25-14-19-9-10-24-22(12-19)27-15-17-5-3-2-4-6-17/h2-12,25H,14-15H2,1H3. The van der Waals surface area contributed by atoms with Gasteiger partial charge in [0.15, 0.2) is 5.78 Å². The summed E-state index contributed by atoms with van der Waals surface area (Å²) in [6.07, 6.45) is 1.69. The summed E-state index contributed by atoms with van der Waals surface area (Å²) in [5.41, 5.74) is 3.74. The Labute approximate surface area is 158 Å². The molecule has 0 unspecified atom stereocenters. The van der Waals surface area contributed by atoms with Crippen LogP contribution in [0.25, 0.3) is 0 Å². The zero-order valence-electron chi connectivity index (χ0n) is 15.0. The molecule has 0 aliphatic rings. The number of nitrogens with one attached hydrogen (secondary N) is 1. The summed E-state index contributed by atoms with van der Waals surface area (Å²) in [5.74, 6) is 0.485. The van der Waals surface area contributed by atoms with Crippen LogP contribution in [-0.4, -0.2) is 10.8 Å². The van der Waals surface area contributed by atoms with E-state index in [1.165, 1.54) is 6.92 Å². The third-order valence-corrected chi connectivity index (χ3v) is 4.04. The average molecular weight is 357 g/mol. The van der Waals surface area contributed by atoms with Crippen molar-refractivity contribution in [2.24, 2.45) is 0 Å². The highest BCUT2D eigenvalue weighted by atomic mass is 16.5. The number of pyridine rings is 1. The Morgan fingerprint density at radius 1 is 1.11 bits per heavy atom. The van der Waals surface area contributed by atoms with Crippen molar-refractivity contribution in [3.63, 3.8) is 0 Å². The van der Waals surface area contributed by atoms with E-state index in [1.54, 1.807) is 24.4 Å². The molecule has 3 rings (SSSR count). The van der Waals surface area contributed by atoms with Crippen molar-refractivity contribution in [2.75, 3.05) is 5.32 Å². The molecule has 0 saturated carbocycles. The Hall–Kier alpha value is -3.65. The molecule has 0 radical (unpaired) electrons. The van der Waals surface area contributed by atoms with Crippen LogP contribution >= 0.6 is 0 Å². The highest BCUT2D eigenvalue weighted by Gasteiger charge is 2.08. The van der Waals surface area contributed by atoms with E-state index < -0.39 is 0 Å². The molecule has 3 aromatic rings. The van der Waals surface area contributed by atoms with Gasteiger partial charge >= 0.3 is 0 Å². The maximum Gasteiger partial charge on any atom is 0.213 e. The van der Waals surface area contributed by atoms with Gasteiger partial charge in [-0.15, -0.1) is 0 Å². The first kappa shape index (κ1) is 18.2. The third-order valence-electron chi connectivity index (χ3n) is 4.04. The summed E-state index contributed by atoms with van der Waals surface area (Å²) in [6.45, 7) is 2.44. The first-order valence-corrected chi connectivity index (χ1v) is 8.56. The minimum atomic E-state index is -0.0522. The van der Waals surface area contributed by atoms with Gasteiger partial charge in [-0.2, -0.15) is 5.26 Å². The predicted molar refractivity (Wildman–Crippen MR) is 103 cm³/mol. The molecule has 5 heteroatoms. The molecule has 0 amide bonds. The van der Waals surface area contributed by atoms with E-state index in [9.17, 15) is 4.79 Å². The van der Waals surface area contributed by atoms with Crippen molar-refractivity contribution in [3.8, 4) is 11.9 Å². The number of nitriles is 1. The molecule has 0 fully saturated rings. The number of carbonyl (C=O) groups excluding carboxylic acids is 1. The van der Waals surface area contributed by atoms with E-state index in [4.69, 9.17) is 10.00 Å². The van der Waals surface area contributed by atoms with Crippen LogP contribution in [0, 0.1) is 11.3 Å². The van der Waals surface area contributed by atoms with E-state index in [2.05, 4.69) is 16.4 Å². The third kappa shape index (κ3) is 4.93. The smallest absolute Gasteiger partial charge is 0.213 e. The number of nitrogens with zero attached hydrogens (tertiary/aromatic N) is 2. The Morgan fingerprint density at radius 2 is 1.93 bits per heavy atom. The molecular formula is C22H19N3O2. The fraction of sp³-hybridized carbons (Fsp3) is 0.136. The van der Waals surface area contributed by atoms with E-state index in [-0.39, 0.29) is 5.78 Å². The number of hydrogen-bond donors (Lipinski definition) is 1. The molecule has 134 valence electrons. The van der Waals surface area contributed by atoms with Gasteiger partial charge in [0, 0.05) is 30.1 Å². The van der Waals surface area contributed by atoms with Crippen molar-refractivity contribution >= 4 is 11.5 Å². The number of anilines is 1. The number of ether oxygens (including phenoxy) is 1. The maximum absolute atomic E-state index is 11.8. The topological polar surface area (TPSA) is 75.0 Å². The van der Waals surface area contributed by atoms with Crippen molar-refractivity contribution in [1.29, 1.82) is 5.26 Å². The van der Waals surface area contributed by atoms with E-state index in [0.717, 1.165) is 11.1 Å². The molecule has 1 aromatic heterocycles. The molecule has 5 nitrogen and oxygen atoms in total. The van der Waals surface area contributed by atoms with Crippen molar-refractivity contribution in [1.82, 2.24) is 4.98 Å². The van der Waals surface area contributed by atoms with Crippen LogP contribution in [0.4, 0.5) is 5.69 Å². The number of ketones is 1. The second-order valence-electron chi connectivity index (χ2n) is 6.06. The van der Waals surface area contributed by atoms with Gasteiger partial charge in [-0.3, -0.25) is 4.79 Å². The zero-order valence-corrected chi connectivity index (χ0v) is 15.0. The van der Waals surface area contributed by atoms with Gasteiger partial charge in [0.25, 0.3) is 0 Å². The summed E-state index contributed by atoms with van der Waals surface area (Å²) < 4.78 is 5.75. The van der Waals surface area contributed by atoms with Gasteiger partial charge < -0.3 is 10.1 Å². The highest BCUT2D eigenvalue weighted by molar-refractivity contribution is 5.99. The quantitative estimate of drug-likeness (QED) is 0.636. The minimum absolute atomic E-state index is 0.0522. The van der Waals surface area contributed by atoms with Crippen LogP contribution in [0.1, 0.15) is 34.0 Å². The van der Waals surface area contributed by atoms with Crippen molar-refractivity contribution in [3.05, 3.63) is 89.1 Å². The van der Waals surface area contributed by atoms with Gasteiger partial charge in [-0.25, -0.2) is 4.98 Å². The molecule has 0 aliphatic heterocycles. The molecule has 0 aliphatic carbocycles. The van der Waals surface area contributed by atoms with Crippen LogP contribution in [0.5, 0.6) is 5.88 Å². The monoisotopic (exact) mass is 357 g/mol. The lowest BCUT2D eigenvalue weighted by atomic mass is 10.1. The lowest BCUT2D eigenvalue weighted by Gasteiger charge is -2.12. The summed E-state index contributed by atoms with van der Waals surface area (Å²) in [5, 5.41) is 12.3. The Bertz CT molecular complexity index is 978. The van der Waals surface area contributed by atoms with Gasteiger partial charge in [0.1, 0.15) is 6.61 Å². The van der Waals surface area contributed by atoms with Gasteiger partial charge in [0.2, 0.25) is 5.88 Å². The lowest BCUT2D eigenvalue weighted by Crippen LogP contribution is -2.06. The second kappa shape index (κ2) is 8.63. The minimum Gasteiger partial charge on any atom is -0.473 e. The fourth-order valence-corrected chi connectivity index (χ4v) is 2.64. The molecule has 27 heavy (non-hydrogen) atoms. The van der Waals surface area contributed by atoms with Crippen LogP contribution in [0.15, 0.2) is 66.9 Å². The number of Topliss-reactive ketones (excluding diaryl/α,β-unsaturated/α-hetero) is 1. The van der Waals surface area contributed by atoms with Gasteiger partial charge in [-0.05, 0) is 42.3 Å². The normalized spacial score (nSPS) is 10.1. The molecule has 1 heterocycles. The molecule has 2 aromatic carbocycles. The average Bonchev–Trinajstić information content (AvgIpc) is 2.71. The number of benzene rings is 2. The van der Waals surface area contributed by atoms with Crippen molar-refractivity contribution < 1.29 is 9.53 Å². The van der Waals surface area contributed by atoms with Crippen LogP contribution < -0.4 is 10.1 Å². The summed E-state index contributed by atoms with van der Waals surface area (Å²) >= 11 is 0. The molecule has 0 bridgehead atoms. The van der Waals surface area contributed by atoms with Crippen LogP contribution in [0.2, 0.25) is 0 Å². The van der Waals surface area contributed by atoms with E-state index >= 15 is 0 Å². The Balaban J connectivity index is 1.68. The largest absolute Gasteiger partial charge is 0.473 e. The van der Waals surface area contributed by atoms with Gasteiger partial charge in [-0.1, -0.05) is 30.3 Å². The molecule has 0 atom stereocenters. The summed E-state index contributed by atoms with van der Waals surface area (Å²) in [4.78, 5) is 16.0. The van der Waals surface area contributed by atoms with Gasteiger partial charge in [0.05, 0.1) is 11.6 Å². The number of hydrogen-bond acceptors (Lipinski definition) is 5. The SMILES string of the molecule is CC(=O)c1ccc(C#N)cc1NCc1ccnc(OCc2ccccc2)c1. The first-order chi connectivity index (χ1) is 13.2. The molecule has 0 spiro atoms. The number of carbonyl (C=O) groups is 1. The lowest BCUT2D eigenvalue weighted by molar-refractivity contribution is 0.101. The fourth-order valence-electron chi connectivity index (χ4n) is 2.64. The maximum atomic E-state index is 11.8. The number of rotatable bonds is 7. The molecular weight excluding hydrogens is 338 g/mol. The van der Waals surface area contributed by atoms with E-state index in [1.807, 2.05) is 42.5 Å². The highest BCUT2D eigenvalue weighted by Crippen LogP contribution is 2.20. The Morgan fingerprint density at radius 3 is 2.67 bits per heavy atom. The van der Waals surface area contributed by atoms with Crippen LogP contribution in [-0.2, 0) is 13.2 Å². The predicted octanol–water partition coefficient (Wildman–Crippen LogP) is 4.35. The van der Waals surface area contributed by atoms with Crippen molar-refractivity contribution in [2.45, 2.75) is 20.1 Å². The second-order valence-corrected chi connectivity index (χ2v) is 6.06. The Kier molecular flexibility index (Phi) is 5.80. The number of aromatic nitrogens is 1. The summed E-state index contributed by atoms with van der Waals surface area (Å²) in [7, 11) is 0. The van der Waals surface area contributed by atoms with Crippen LogP contribution in [0.3, 0.4) is 0 Å². The summed E-state index contributed by atoms with van der Waals surface area (Å²) in [6, 6.07) is 20.7. The first-order valence-electron chi connectivity index (χ1n) is 8.56. The molecule has 1 N–H and O–H groups in total. The van der Waals surface area contributed by atoms with E-state index in [0.29, 0.717) is 35.8 Å². The zero-order chi connectivity index (χ0) is 19.1. The molecule has 0 saturated heterocycles.